The Kier molecular flexibility index (Phi) is 3.98. The Labute approximate surface area is 123 Å². The van der Waals surface area contributed by atoms with Gasteiger partial charge in [-0.25, -0.2) is 0 Å². The average Bonchev–Trinajstić information content (AvgIpc) is 2.39. The number of hydrogen-bond donors (Lipinski definition) is 0. The number of hydrogen-bond acceptors (Lipinski definition) is 3. The van der Waals surface area contributed by atoms with Crippen molar-refractivity contribution in [2.75, 3.05) is 0 Å². The van der Waals surface area contributed by atoms with Crippen LogP contribution in [0, 0.1) is 13.8 Å². The van der Waals surface area contributed by atoms with E-state index in [2.05, 4.69) is 6.58 Å². The molecule has 4 nitrogen and oxygen atoms in total. The predicted molar refractivity (Wildman–Crippen MR) is 83.9 cm³/mol. The van der Waals surface area contributed by atoms with Gasteiger partial charge in [-0.15, -0.1) is 6.58 Å². The molecule has 2 aromatic rings. The van der Waals surface area contributed by atoms with Crippen LogP contribution in [-0.2, 0) is 18.3 Å². The zero-order valence-corrected chi connectivity index (χ0v) is 12.8. The van der Waals surface area contributed by atoms with Gasteiger partial charge in [0.25, 0.3) is 5.56 Å². The second-order valence-corrected chi connectivity index (χ2v) is 5.21. The van der Waals surface area contributed by atoms with Crippen molar-refractivity contribution in [3.05, 3.63) is 51.8 Å². The second kappa shape index (κ2) is 5.56. The highest BCUT2D eigenvalue weighted by Gasteiger charge is 2.17. The molecule has 21 heavy (non-hydrogen) atoms. The minimum Gasteiger partial charge on any atom is -0.426 e. The van der Waals surface area contributed by atoms with Crippen LogP contribution in [0.1, 0.15) is 23.6 Å². The lowest BCUT2D eigenvalue weighted by Crippen LogP contribution is -2.18. The number of allylic oxidation sites excluding steroid dienone is 1. The molecule has 1 heterocycles. The molecule has 0 bridgehead atoms. The van der Waals surface area contributed by atoms with Gasteiger partial charge in [0.2, 0.25) is 0 Å². The van der Waals surface area contributed by atoms with Gasteiger partial charge in [-0.05, 0) is 37.5 Å². The normalized spacial score (nSPS) is 10.7. The number of fused-ring (bicyclic) bond motifs is 1. The van der Waals surface area contributed by atoms with Gasteiger partial charge in [-0.3, -0.25) is 9.59 Å². The van der Waals surface area contributed by atoms with Gasteiger partial charge in [0.05, 0.1) is 5.52 Å². The monoisotopic (exact) mass is 285 g/mol. The first kappa shape index (κ1) is 15.0. The lowest BCUT2D eigenvalue weighted by atomic mass is 9.98. The fourth-order valence-corrected chi connectivity index (χ4v) is 2.63. The highest BCUT2D eigenvalue weighted by molar-refractivity contribution is 5.89. The fourth-order valence-electron chi connectivity index (χ4n) is 2.63. The van der Waals surface area contributed by atoms with Crippen molar-refractivity contribution in [1.82, 2.24) is 4.57 Å². The lowest BCUT2D eigenvalue weighted by Gasteiger charge is -2.17. The van der Waals surface area contributed by atoms with Crippen LogP contribution in [0.4, 0.5) is 0 Å². The molecule has 0 aliphatic rings. The maximum absolute atomic E-state index is 12.1. The average molecular weight is 285 g/mol. The van der Waals surface area contributed by atoms with Crippen LogP contribution in [0.15, 0.2) is 29.6 Å². The summed E-state index contributed by atoms with van der Waals surface area (Å²) in [5.41, 5.74) is 3.32. The minimum absolute atomic E-state index is 0.0806. The lowest BCUT2D eigenvalue weighted by molar-refractivity contribution is -0.131. The second-order valence-electron chi connectivity index (χ2n) is 5.21. The number of nitrogens with zero attached hydrogens (tertiary/aromatic N) is 1. The van der Waals surface area contributed by atoms with Crippen molar-refractivity contribution < 1.29 is 9.53 Å². The van der Waals surface area contributed by atoms with E-state index in [1.807, 2.05) is 19.9 Å². The molecule has 110 valence electrons. The zero-order chi connectivity index (χ0) is 15.7. The molecule has 2 rings (SSSR count). The summed E-state index contributed by atoms with van der Waals surface area (Å²) in [6, 6.07) is 3.57. The standard InChI is InChI=1S/C17H19NO3/c1-6-7-13-16-14(10(2)9-15(20)18(16)5)8-11(3)17(13)21-12(4)19/h6,8-9H,1,7H2,2-5H3. The molecule has 0 saturated heterocycles. The number of esters is 1. The summed E-state index contributed by atoms with van der Waals surface area (Å²) >= 11 is 0. The summed E-state index contributed by atoms with van der Waals surface area (Å²) in [5.74, 6) is 0.149. The van der Waals surface area contributed by atoms with Crippen LogP contribution >= 0.6 is 0 Å². The molecule has 0 amide bonds. The Morgan fingerprint density at radius 3 is 2.57 bits per heavy atom. The van der Waals surface area contributed by atoms with E-state index >= 15 is 0 Å². The summed E-state index contributed by atoms with van der Waals surface area (Å²) in [7, 11) is 1.73. The summed E-state index contributed by atoms with van der Waals surface area (Å²) in [6.07, 6.45) is 2.27. The number of carbonyl (C=O) groups is 1. The molecule has 0 spiro atoms. The van der Waals surface area contributed by atoms with Gasteiger partial charge >= 0.3 is 5.97 Å². The van der Waals surface area contributed by atoms with Crippen molar-refractivity contribution in [2.45, 2.75) is 27.2 Å². The van der Waals surface area contributed by atoms with Crippen LogP contribution in [0.2, 0.25) is 0 Å². The molecule has 0 N–H and O–H groups in total. The first-order valence-electron chi connectivity index (χ1n) is 6.79. The number of carbonyl (C=O) groups excluding carboxylic acids is 1. The van der Waals surface area contributed by atoms with Gasteiger partial charge in [0, 0.05) is 31.0 Å². The van der Waals surface area contributed by atoms with Gasteiger partial charge in [0.15, 0.2) is 0 Å². The number of aromatic nitrogens is 1. The van der Waals surface area contributed by atoms with E-state index in [1.165, 1.54) is 6.92 Å². The molecule has 0 atom stereocenters. The van der Waals surface area contributed by atoms with Crippen LogP contribution in [0.25, 0.3) is 10.9 Å². The van der Waals surface area contributed by atoms with E-state index in [4.69, 9.17) is 4.74 Å². The quantitative estimate of drug-likeness (QED) is 0.495. The number of benzene rings is 1. The van der Waals surface area contributed by atoms with Crippen LogP contribution < -0.4 is 10.3 Å². The Hall–Kier alpha value is -2.36. The van der Waals surface area contributed by atoms with E-state index in [1.54, 1.807) is 23.8 Å². The Balaban J connectivity index is 2.99. The highest BCUT2D eigenvalue weighted by atomic mass is 16.5. The SMILES string of the molecule is C=CCc1c(OC(C)=O)c(C)cc2c(C)cc(=O)n(C)c12. The molecule has 4 heteroatoms. The number of ether oxygens (including phenoxy) is 1. The van der Waals surface area contributed by atoms with E-state index in [9.17, 15) is 9.59 Å². The summed E-state index contributed by atoms with van der Waals surface area (Å²) in [6.45, 7) is 8.94. The molecular formula is C17H19NO3. The topological polar surface area (TPSA) is 48.3 Å². The van der Waals surface area contributed by atoms with Gasteiger partial charge in [-0.2, -0.15) is 0 Å². The highest BCUT2D eigenvalue weighted by Crippen LogP contribution is 2.33. The van der Waals surface area contributed by atoms with E-state index < -0.39 is 0 Å². The first-order valence-corrected chi connectivity index (χ1v) is 6.79. The summed E-state index contributed by atoms with van der Waals surface area (Å²) in [4.78, 5) is 23.4. The fraction of sp³-hybridized carbons (Fsp3) is 0.294. The molecule has 0 aliphatic heterocycles. The van der Waals surface area contributed by atoms with Crippen LogP contribution in [-0.4, -0.2) is 10.5 Å². The molecule has 1 aromatic carbocycles. The number of rotatable bonds is 3. The maximum Gasteiger partial charge on any atom is 0.308 e. The van der Waals surface area contributed by atoms with Gasteiger partial charge in [-0.1, -0.05) is 6.08 Å². The third kappa shape index (κ3) is 2.61. The van der Waals surface area contributed by atoms with E-state index in [0.29, 0.717) is 12.2 Å². The Bertz CT molecular complexity index is 800. The third-order valence-electron chi connectivity index (χ3n) is 3.56. The predicted octanol–water partition coefficient (Wildman–Crippen LogP) is 2.81. The number of aryl methyl sites for hydroxylation is 3. The van der Waals surface area contributed by atoms with Crippen LogP contribution in [0.3, 0.4) is 0 Å². The first-order chi connectivity index (χ1) is 9.86. The number of pyridine rings is 1. The molecule has 0 radical (unpaired) electrons. The molecule has 0 fully saturated rings. The van der Waals surface area contributed by atoms with Crippen molar-refractivity contribution in [3.63, 3.8) is 0 Å². The van der Waals surface area contributed by atoms with Gasteiger partial charge < -0.3 is 9.30 Å². The zero-order valence-electron chi connectivity index (χ0n) is 12.8. The Morgan fingerprint density at radius 2 is 2.00 bits per heavy atom. The molecule has 1 aromatic heterocycles. The van der Waals surface area contributed by atoms with E-state index in [0.717, 1.165) is 27.6 Å². The maximum atomic E-state index is 12.1. The van der Waals surface area contributed by atoms with Crippen molar-refractivity contribution in [3.8, 4) is 5.75 Å². The largest absolute Gasteiger partial charge is 0.426 e. The summed E-state index contributed by atoms with van der Waals surface area (Å²) < 4.78 is 6.96. The summed E-state index contributed by atoms with van der Waals surface area (Å²) in [5, 5.41) is 0.988. The molecule has 0 saturated carbocycles. The van der Waals surface area contributed by atoms with Gasteiger partial charge in [0.1, 0.15) is 5.75 Å². The van der Waals surface area contributed by atoms with E-state index in [-0.39, 0.29) is 11.5 Å². The minimum atomic E-state index is -0.375. The van der Waals surface area contributed by atoms with Crippen LogP contribution in [0.5, 0.6) is 5.75 Å². The molecule has 0 aliphatic carbocycles. The van der Waals surface area contributed by atoms with Crippen molar-refractivity contribution >= 4 is 16.9 Å². The van der Waals surface area contributed by atoms with Crippen molar-refractivity contribution in [2.24, 2.45) is 7.05 Å². The smallest absolute Gasteiger partial charge is 0.308 e. The van der Waals surface area contributed by atoms with Crippen molar-refractivity contribution in [1.29, 1.82) is 0 Å². The third-order valence-corrected chi connectivity index (χ3v) is 3.56. The Morgan fingerprint density at radius 1 is 1.33 bits per heavy atom. The molecule has 0 unspecified atom stereocenters. The molecular weight excluding hydrogens is 266 g/mol.